The van der Waals surface area contributed by atoms with Gasteiger partial charge in [-0.2, -0.15) is 12.7 Å². The van der Waals surface area contributed by atoms with Gasteiger partial charge >= 0.3 is 10.2 Å². The average molecular weight is 525 g/mol. The summed E-state index contributed by atoms with van der Waals surface area (Å²) in [7, 11) is -7.65. The second-order valence-electron chi connectivity index (χ2n) is 11.3. The van der Waals surface area contributed by atoms with Gasteiger partial charge in [-0.05, 0) is 50.7 Å². The van der Waals surface area contributed by atoms with Crippen molar-refractivity contribution in [3.8, 4) is 11.3 Å². The zero-order chi connectivity index (χ0) is 25.6. The van der Waals surface area contributed by atoms with Crippen LogP contribution < -0.4 is 5.14 Å². The highest BCUT2D eigenvalue weighted by Gasteiger charge is 2.33. The second-order valence-corrected chi connectivity index (χ2v) is 14.6. The molecular weight excluding hydrogens is 484 g/mol. The maximum Gasteiger partial charge on any atom is 0.307 e. The van der Waals surface area contributed by atoms with Crippen molar-refractivity contribution in [3.05, 3.63) is 29.7 Å². The summed E-state index contributed by atoms with van der Waals surface area (Å²) < 4.78 is 57.2. The lowest BCUT2D eigenvalue weighted by Crippen LogP contribution is -2.40. The van der Waals surface area contributed by atoms with E-state index in [9.17, 15) is 16.8 Å². The predicted octanol–water partition coefficient (Wildman–Crippen LogP) is 4.37. The molecule has 0 spiro atoms. The molecule has 0 amide bonds. The van der Waals surface area contributed by atoms with Crippen LogP contribution in [0.2, 0.25) is 0 Å². The molecule has 0 aromatic carbocycles. The lowest BCUT2D eigenvalue weighted by molar-refractivity contribution is 0.318. The third-order valence-electron chi connectivity index (χ3n) is 7.53. The van der Waals surface area contributed by atoms with Gasteiger partial charge in [0.15, 0.2) is 0 Å². The zero-order valence-corrected chi connectivity index (χ0v) is 23.1. The van der Waals surface area contributed by atoms with Gasteiger partial charge in [-0.3, -0.25) is 0 Å². The molecule has 0 unspecified atom stereocenters. The van der Waals surface area contributed by atoms with Crippen molar-refractivity contribution in [2.75, 3.05) is 13.1 Å². The van der Waals surface area contributed by atoms with Gasteiger partial charge in [0, 0.05) is 48.2 Å². The molecule has 0 bridgehead atoms. The number of nitrogens with zero attached hydrogens (tertiary/aromatic N) is 3. The van der Waals surface area contributed by atoms with E-state index in [-0.39, 0.29) is 4.90 Å². The van der Waals surface area contributed by atoms with Crippen LogP contribution in [0.15, 0.2) is 23.2 Å². The number of piperidine rings is 1. The molecule has 35 heavy (non-hydrogen) atoms. The van der Waals surface area contributed by atoms with E-state index in [1.807, 2.05) is 31.4 Å². The molecule has 1 saturated heterocycles. The number of primary sulfonamides is 1. The molecule has 2 aromatic rings. The molecule has 0 radical (unpaired) electrons. The van der Waals surface area contributed by atoms with E-state index in [0.29, 0.717) is 48.2 Å². The van der Waals surface area contributed by atoms with Crippen molar-refractivity contribution in [2.24, 2.45) is 11.1 Å². The summed E-state index contributed by atoms with van der Waals surface area (Å²) >= 11 is 0. The van der Waals surface area contributed by atoms with E-state index in [4.69, 9.17) is 5.14 Å². The van der Waals surface area contributed by atoms with E-state index < -0.39 is 25.6 Å². The Hall–Kier alpha value is -1.62. The first-order valence-corrected chi connectivity index (χ1v) is 15.7. The monoisotopic (exact) mass is 524 g/mol. The number of hydrogen-bond donors (Lipinski definition) is 1. The van der Waals surface area contributed by atoms with E-state index in [0.717, 1.165) is 32.1 Å². The first-order chi connectivity index (χ1) is 16.3. The van der Waals surface area contributed by atoms with E-state index in [2.05, 4.69) is 0 Å². The largest absolute Gasteiger partial charge is 0.343 e. The maximum atomic E-state index is 13.7. The van der Waals surface area contributed by atoms with E-state index in [1.165, 1.54) is 23.2 Å². The Bertz CT molecular complexity index is 1270. The van der Waals surface area contributed by atoms with Gasteiger partial charge in [0.05, 0.1) is 5.69 Å². The number of rotatable bonds is 6. The number of aromatic nitrogens is 2. The average Bonchev–Trinajstić information content (AvgIpc) is 3.38. The van der Waals surface area contributed by atoms with Crippen molar-refractivity contribution in [1.82, 2.24) is 12.8 Å². The minimum atomic E-state index is -3.92. The summed E-state index contributed by atoms with van der Waals surface area (Å²) in [5, 5.41) is 5.57. The molecule has 1 saturated carbocycles. The highest BCUT2D eigenvalue weighted by molar-refractivity contribution is 7.89. The van der Waals surface area contributed by atoms with Gasteiger partial charge in [-0.1, -0.05) is 46.5 Å². The van der Waals surface area contributed by atoms with Gasteiger partial charge in [-0.25, -0.2) is 17.5 Å². The fourth-order valence-electron chi connectivity index (χ4n) is 5.55. The van der Waals surface area contributed by atoms with Crippen molar-refractivity contribution >= 4 is 20.2 Å². The molecule has 196 valence electrons. The molecular formula is C25H40N4O4S2. The summed E-state index contributed by atoms with van der Waals surface area (Å²) in [5.74, 6) is 0.461. The fraction of sp³-hybridized carbons (Fsp3) is 0.680. The Kier molecular flexibility index (Phi) is 7.32. The Balaban J connectivity index is 1.86. The number of sulfonamides is 1. The van der Waals surface area contributed by atoms with Gasteiger partial charge in [0.1, 0.15) is 4.90 Å². The first-order valence-electron chi connectivity index (χ1n) is 12.8. The molecule has 2 aliphatic rings. The van der Waals surface area contributed by atoms with Crippen LogP contribution in [0.3, 0.4) is 0 Å². The van der Waals surface area contributed by atoms with Crippen LogP contribution >= 0.6 is 0 Å². The lowest BCUT2D eigenvalue weighted by atomic mass is 9.89. The summed E-state index contributed by atoms with van der Waals surface area (Å²) in [6.07, 6.45) is 10.3. The quantitative estimate of drug-likeness (QED) is 0.605. The van der Waals surface area contributed by atoms with Crippen molar-refractivity contribution < 1.29 is 16.8 Å². The van der Waals surface area contributed by atoms with Crippen LogP contribution in [0.1, 0.15) is 83.5 Å². The van der Waals surface area contributed by atoms with Gasteiger partial charge in [-0.15, -0.1) is 0 Å². The summed E-state index contributed by atoms with van der Waals surface area (Å²) in [5.41, 5.74) is 2.26. The minimum Gasteiger partial charge on any atom is -0.343 e. The molecule has 2 N–H and O–H groups in total. The molecule has 2 fully saturated rings. The smallest absolute Gasteiger partial charge is 0.307 e. The third kappa shape index (κ3) is 5.40. The summed E-state index contributed by atoms with van der Waals surface area (Å²) in [6.45, 7) is 9.52. The molecule has 4 rings (SSSR count). The van der Waals surface area contributed by atoms with Crippen molar-refractivity contribution in [3.63, 3.8) is 0 Å². The SMILES string of the molecule is Cc1c(S(N)(=O)=O)cc(-c2cc(C(C)(C)C)n(S(=O)(=O)N3CCCCC3)c2)n1CC1CCCCC1. The van der Waals surface area contributed by atoms with E-state index >= 15 is 0 Å². The Morgan fingerprint density at radius 1 is 0.943 bits per heavy atom. The van der Waals surface area contributed by atoms with Gasteiger partial charge in [0.2, 0.25) is 10.0 Å². The van der Waals surface area contributed by atoms with Crippen LogP contribution in [0.4, 0.5) is 0 Å². The normalized spacial score (nSPS) is 19.3. The minimum absolute atomic E-state index is 0.104. The molecule has 0 atom stereocenters. The molecule has 3 heterocycles. The molecule has 10 heteroatoms. The lowest BCUT2D eigenvalue weighted by Gasteiger charge is -2.29. The summed E-state index contributed by atoms with van der Waals surface area (Å²) in [6, 6.07) is 3.52. The predicted molar refractivity (Wildman–Crippen MR) is 139 cm³/mol. The fourth-order valence-corrected chi connectivity index (χ4v) is 8.14. The van der Waals surface area contributed by atoms with Crippen LogP contribution in [0.25, 0.3) is 11.3 Å². The van der Waals surface area contributed by atoms with Crippen molar-refractivity contribution in [2.45, 2.75) is 95.9 Å². The van der Waals surface area contributed by atoms with Gasteiger partial charge in [0.25, 0.3) is 0 Å². The first kappa shape index (κ1) is 26.4. The van der Waals surface area contributed by atoms with E-state index in [1.54, 1.807) is 23.5 Å². The Morgan fingerprint density at radius 2 is 1.54 bits per heavy atom. The Labute approximate surface area is 210 Å². The molecule has 8 nitrogen and oxygen atoms in total. The standard InChI is InChI=1S/C25H40N4O4S2/c1-19-23(34(26,30)31)16-22(28(19)17-20-11-7-5-8-12-20)21-15-24(25(2,3)4)29(18-21)35(32,33)27-13-9-6-10-14-27/h15-16,18,20H,5-14,17H2,1-4H3,(H2,26,30,31). The highest BCUT2D eigenvalue weighted by atomic mass is 32.2. The van der Waals surface area contributed by atoms with Crippen LogP contribution in [0.5, 0.6) is 0 Å². The topological polar surface area (TPSA) is 107 Å². The second kappa shape index (κ2) is 9.68. The molecule has 2 aromatic heterocycles. The van der Waals surface area contributed by atoms with Crippen LogP contribution in [-0.4, -0.2) is 42.8 Å². The van der Waals surface area contributed by atoms with Crippen LogP contribution in [-0.2, 0) is 32.2 Å². The third-order valence-corrected chi connectivity index (χ3v) is 10.4. The summed E-state index contributed by atoms with van der Waals surface area (Å²) in [4.78, 5) is 0.104. The number of hydrogen-bond acceptors (Lipinski definition) is 4. The Morgan fingerprint density at radius 3 is 2.11 bits per heavy atom. The van der Waals surface area contributed by atoms with Crippen LogP contribution in [0, 0.1) is 12.8 Å². The van der Waals surface area contributed by atoms with Gasteiger partial charge < -0.3 is 4.57 Å². The number of nitrogens with two attached hydrogens (primary N) is 1. The van der Waals surface area contributed by atoms with Crippen molar-refractivity contribution in [1.29, 1.82) is 0 Å². The zero-order valence-electron chi connectivity index (χ0n) is 21.5. The maximum absolute atomic E-state index is 13.7. The molecule has 1 aliphatic carbocycles. The molecule has 1 aliphatic heterocycles. The highest BCUT2D eigenvalue weighted by Crippen LogP contribution is 2.36.